The molecular weight excluding hydrogens is 146 g/mol. The standard InChI is InChI=1S/C11H21N/c1-3-4-5-6-7-8-9-10-11-12-2/h3,6-7,12H,1,4-5,8-11H2,2H3/b7-6+. The van der Waals surface area contributed by atoms with Gasteiger partial charge in [0.15, 0.2) is 0 Å². The third-order valence-electron chi connectivity index (χ3n) is 1.75. The summed E-state index contributed by atoms with van der Waals surface area (Å²) in [5, 5.41) is 3.14. The van der Waals surface area contributed by atoms with Crippen molar-refractivity contribution in [3.8, 4) is 0 Å². The topological polar surface area (TPSA) is 12.0 Å². The van der Waals surface area contributed by atoms with Crippen molar-refractivity contribution in [2.75, 3.05) is 13.6 Å². The van der Waals surface area contributed by atoms with Crippen LogP contribution >= 0.6 is 0 Å². The Morgan fingerprint density at radius 3 is 2.50 bits per heavy atom. The molecule has 0 aliphatic rings. The summed E-state index contributed by atoms with van der Waals surface area (Å²) in [6.07, 6.45) is 12.5. The second kappa shape index (κ2) is 10.4. The van der Waals surface area contributed by atoms with E-state index in [1.165, 1.54) is 19.3 Å². The van der Waals surface area contributed by atoms with Crippen LogP contribution in [0.15, 0.2) is 24.8 Å². The Balaban J connectivity index is 2.97. The lowest BCUT2D eigenvalue weighted by Gasteiger charge is -1.95. The van der Waals surface area contributed by atoms with Gasteiger partial charge in [-0.05, 0) is 45.7 Å². The average Bonchev–Trinajstić information content (AvgIpc) is 2.10. The Labute approximate surface area is 76.6 Å². The summed E-state index contributed by atoms with van der Waals surface area (Å²) in [6, 6.07) is 0. The number of hydrogen-bond donors (Lipinski definition) is 1. The van der Waals surface area contributed by atoms with Crippen LogP contribution < -0.4 is 5.32 Å². The lowest BCUT2D eigenvalue weighted by molar-refractivity contribution is 0.684. The number of hydrogen-bond acceptors (Lipinski definition) is 1. The van der Waals surface area contributed by atoms with E-state index in [1.807, 2.05) is 13.1 Å². The summed E-state index contributed by atoms with van der Waals surface area (Å²) in [7, 11) is 2.00. The maximum atomic E-state index is 3.68. The Kier molecular flexibility index (Phi) is 9.95. The maximum Gasteiger partial charge on any atom is -0.00518 e. The van der Waals surface area contributed by atoms with Gasteiger partial charge in [0.25, 0.3) is 0 Å². The van der Waals surface area contributed by atoms with Crippen molar-refractivity contribution in [2.45, 2.75) is 32.1 Å². The molecule has 0 fully saturated rings. The summed E-state index contributed by atoms with van der Waals surface area (Å²) in [5.74, 6) is 0. The van der Waals surface area contributed by atoms with Crippen LogP contribution in [-0.4, -0.2) is 13.6 Å². The zero-order valence-electron chi connectivity index (χ0n) is 8.18. The lowest BCUT2D eigenvalue weighted by atomic mass is 10.2. The minimum absolute atomic E-state index is 1.10. The molecule has 0 bridgehead atoms. The second-order valence-corrected chi connectivity index (χ2v) is 2.94. The Morgan fingerprint density at radius 2 is 1.83 bits per heavy atom. The highest BCUT2D eigenvalue weighted by atomic mass is 14.8. The molecule has 70 valence electrons. The first-order valence-corrected chi connectivity index (χ1v) is 4.82. The smallest absolute Gasteiger partial charge is 0.00518 e. The molecule has 0 saturated heterocycles. The fraction of sp³-hybridized carbons (Fsp3) is 0.636. The first-order valence-electron chi connectivity index (χ1n) is 4.82. The molecule has 0 aliphatic heterocycles. The van der Waals surface area contributed by atoms with Crippen LogP contribution in [0.5, 0.6) is 0 Å². The lowest BCUT2D eigenvalue weighted by Crippen LogP contribution is -2.06. The molecule has 0 saturated carbocycles. The van der Waals surface area contributed by atoms with Crippen LogP contribution in [0, 0.1) is 0 Å². The van der Waals surface area contributed by atoms with Gasteiger partial charge in [0, 0.05) is 0 Å². The van der Waals surface area contributed by atoms with Crippen molar-refractivity contribution in [3.05, 3.63) is 24.8 Å². The Hall–Kier alpha value is -0.560. The Morgan fingerprint density at radius 1 is 1.08 bits per heavy atom. The fourth-order valence-electron chi connectivity index (χ4n) is 1.01. The van der Waals surface area contributed by atoms with Crippen LogP contribution in [0.25, 0.3) is 0 Å². The number of allylic oxidation sites excluding steroid dienone is 3. The normalized spacial score (nSPS) is 10.8. The van der Waals surface area contributed by atoms with E-state index >= 15 is 0 Å². The van der Waals surface area contributed by atoms with Crippen molar-refractivity contribution in [3.63, 3.8) is 0 Å². The van der Waals surface area contributed by atoms with E-state index in [-0.39, 0.29) is 0 Å². The third kappa shape index (κ3) is 9.44. The predicted octanol–water partition coefficient (Wildman–Crippen LogP) is 2.90. The van der Waals surface area contributed by atoms with Crippen LogP contribution in [0.3, 0.4) is 0 Å². The number of nitrogens with one attached hydrogen (secondary N) is 1. The molecule has 1 nitrogen and oxygen atoms in total. The van der Waals surface area contributed by atoms with Gasteiger partial charge in [-0.25, -0.2) is 0 Å². The number of rotatable bonds is 8. The van der Waals surface area contributed by atoms with E-state index in [0.717, 1.165) is 19.4 Å². The SMILES string of the molecule is C=CCC/C=C/CCCCNC. The van der Waals surface area contributed by atoms with Gasteiger partial charge in [-0.15, -0.1) is 6.58 Å². The minimum Gasteiger partial charge on any atom is -0.320 e. The van der Waals surface area contributed by atoms with Crippen molar-refractivity contribution >= 4 is 0 Å². The molecular formula is C11H21N. The van der Waals surface area contributed by atoms with Crippen LogP contribution in [0.1, 0.15) is 32.1 Å². The van der Waals surface area contributed by atoms with Gasteiger partial charge in [0.2, 0.25) is 0 Å². The fourth-order valence-corrected chi connectivity index (χ4v) is 1.01. The molecule has 1 N–H and O–H groups in total. The molecule has 0 amide bonds. The molecule has 0 atom stereocenters. The van der Waals surface area contributed by atoms with Gasteiger partial charge < -0.3 is 5.32 Å². The van der Waals surface area contributed by atoms with Crippen molar-refractivity contribution in [1.82, 2.24) is 5.32 Å². The van der Waals surface area contributed by atoms with Gasteiger partial charge in [-0.3, -0.25) is 0 Å². The predicted molar refractivity (Wildman–Crippen MR) is 56.3 cm³/mol. The van der Waals surface area contributed by atoms with E-state index < -0.39 is 0 Å². The van der Waals surface area contributed by atoms with Crippen LogP contribution in [0.4, 0.5) is 0 Å². The molecule has 0 rings (SSSR count). The molecule has 0 aromatic rings. The zero-order chi connectivity index (χ0) is 9.07. The second-order valence-electron chi connectivity index (χ2n) is 2.94. The first-order chi connectivity index (χ1) is 5.91. The molecule has 0 unspecified atom stereocenters. The van der Waals surface area contributed by atoms with Crippen molar-refractivity contribution in [1.29, 1.82) is 0 Å². The highest BCUT2D eigenvalue weighted by Crippen LogP contribution is 1.98. The molecule has 0 aromatic carbocycles. The third-order valence-corrected chi connectivity index (χ3v) is 1.75. The van der Waals surface area contributed by atoms with Gasteiger partial charge in [0.1, 0.15) is 0 Å². The van der Waals surface area contributed by atoms with E-state index in [1.54, 1.807) is 0 Å². The molecule has 0 heterocycles. The largest absolute Gasteiger partial charge is 0.320 e. The van der Waals surface area contributed by atoms with E-state index in [9.17, 15) is 0 Å². The number of unbranched alkanes of at least 4 members (excludes halogenated alkanes) is 3. The minimum atomic E-state index is 1.10. The first kappa shape index (κ1) is 11.4. The highest BCUT2D eigenvalue weighted by molar-refractivity contribution is 4.84. The van der Waals surface area contributed by atoms with Gasteiger partial charge in [0.05, 0.1) is 0 Å². The van der Waals surface area contributed by atoms with Crippen molar-refractivity contribution < 1.29 is 0 Å². The van der Waals surface area contributed by atoms with Crippen LogP contribution in [-0.2, 0) is 0 Å². The molecule has 12 heavy (non-hydrogen) atoms. The summed E-state index contributed by atoms with van der Waals surface area (Å²) in [6.45, 7) is 4.82. The molecule has 0 aliphatic carbocycles. The van der Waals surface area contributed by atoms with Gasteiger partial charge in [-0.1, -0.05) is 18.2 Å². The molecule has 0 aromatic heterocycles. The van der Waals surface area contributed by atoms with E-state index in [2.05, 4.69) is 24.0 Å². The summed E-state index contributed by atoms with van der Waals surface area (Å²) >= 11 is 0. The van der Waals surface area contributed by atoms with E-state index in [4.69, 9.17) is 0 Å². The summed E-state index contributed by atoms with van der Waals surface area (Å²) in [4.78, 5) is 0. The monoisotopic (exact) mass is 167 g/mol. The van der Waals surface area contributed by atoms with Gasteiger partial charge in [-0.2, -0.15) is 0 Å². The average molecular weight is 167 g/mol. The summed E-state index contributed by atoms with van der Waals surface area (Å²) in [5.41, 5.74) is 0. The molecule has 0 spiro atoms. The van der Waals surface area contributed by atoms with Gasteiger partial charge >= 0.3 is 0 Å². The quantitative estimate of drug-likeness (QED) is 0.433. The zero-order valence-corrected chi connectivity index (χ0v) is 8.18. The molecule has 0 radical (unpaired) electrons. The highest BCUT2D eigenvalue weighted by Gasteiger charge is 1.82. The molecule has 1 heteroatoms. The maximum absolute atomic E-state index is 3.68. The summed E-state index contributed by atoms with van der Waals surface area (Å²) < 4.78 is 0. The van der Waals surface area contributed by atoms with E-state index in [0.29, 0.717) is 0 Å². The Bertz CT molecular complexity index is 116. The van der Waals surface area contributed by atoms with Crippen LogP contribution in [0.2, 0.25) is 0 Å². The van der Waals surface area contributed by atoms with Crippen molar-refractivity contribution in [2.24, 2.45) is 0 Å².